The Bertz CT molecular complexity index is 414. The van der Waals surface area contributed by atoms with E-state index < -0.39 is 0 Å². The van der Waals surface area contributed by atoms with Crippen LogP contribution in [-0.2, 0) is 11.3 Å². The van der Waals surface area contributed by atoms with Gasteiger partial charge in [-0.1, -0.05) is 11.2 Å². The number of methoxy groups -OCH3 is 1. The molecule has 1 heterocycles. The van der Waals surface area contributed by atoms with Gasteiger partial charge in [-0.25, -0.2) is 0 Å². The summed E-state index contributed by atoms with van der Waals surface area (Å²) in [7, 11) is 1.69. The van der Waals surface area contributed by atoms with Crippen molar-refractivity contribution in [1.29, 1.82) is 0 Å². The van der Waals surface area contributed by atoms with Gasteiger partial charge in [0.2, 0.25) is 0 Å². The van der Waals surface area contributed by atoms with Gasteiger partial charge in [0.15, 0.2) is 6.10 Å². The monoisotopic (exact) mass is 203 g/mol. The summed E-state index contributed by atoms with van der Waals surface area (Å²) in [6.07, 6.45) is 4.28. The van der Waals surface area contributed by atoms with Crippen LogP contribution in [0, 0.1) is 5.92 Å². The zero-order chi connectivity index (χ0) is 10.3. The molecule has 0 aromatic heterocycles. The molecule has 0 unspecified atom stereocenters. The van der Waals surface area contributed by atoms with Gasteiger partial charge in [-0.3, -0.25) is 0 Å². The van der Waals surface area contributed by atoms with Crippen LogP contribution in [0.1, 0.15) is 23.7 Å². The van der Waals surface area contributed by atoms with E-state index in [9.17, 15) is 0 Å². The molecule has 0 bridgehead atoms. The van der Waals surface area contributed by atoms with Crippen molar-refractivity contribution in [3.63, 3.8) is 0 Å². The maximum atomic E-state index is 5.40. The van der Waals surface area contributed by atoms with Crippen LogP contribution in [0.15, 0.2) is 23.4 Å². The lowest BCUT2D eigenvalue weighted by molar-refractivity contribution is 0.0540. The number of nitrogens with zero attached hydrogens (tertiary/aromatic N) is 1. The van der Waals surface area contributed by atoms with E-state index in [-0.39, 0.29) is 6.10 Å². The van der Waals surface area contributed by atoms with E-state index >= 15 is 0 Å². The Balaban J connectivity index is 2.04. The first-order valence-corrected chi connectivity index (χ1v) is 5.24. The Morgan fingerprint density at radius 3 is 3.27 bits per heavy atom. The van der Waals surface area contributed by atoms with Crippen molar-refractivity contribution in [3.8, 4) is 5.75 Å². The van der Waals surface area contributed by atoms with Gasteiger partial charge < -0.3 is 9.57 Å². The van der Waals surface area contributed by atoms with E-state index in [1.807, 2.05) is 12.3 Å². The summed E-state index contributed by atoms with van der Waals surface area (Å²) in [6.45, 7) is 0. The van der Waals surface area contributed by atoms with Gasteiger partial charge in [0.25, 0.3) is 0 Å². The fourth-order valence-electron chi connectivity index (χ4n) is 2.36. The maximum Gasteiger partial charge on any atom is 0.160 e. The smallest absolute Gasteiger partial charge is 0.160 e. The van der Waals surface area contributed by atoms with Crippen molar-refractivity contribution in [2.24, 2.45) is 11.1 Å². The van der Waals surface area contributed by atoms with Crippen molar-refractivity contribution < 1.29 is 9.57 Å². The molecular weight excluding hydrogens is 190 g/mol. The number of oxime groups is 1. The van der Waals surface area contributed by atoms with E-state index in [2.05, 4.69) is 17.3 Å². The van der Waals surface area contributed by atoms with Crippen LogP contribution in [0.25, 0.3) is 0 Å². The number of fused-ring (bicyclic) bond motifs is 3. The maximum absolute atomic E-state index is 5.40. The van der Waals surface area contributed by atoms with Gasteiger partial charge in [0, 0.05) is 11.5 Å². The molecule has 2 atom stereocenters. The van der Waals surface area contributed by atoms with E-state index in [1.165, 1.54) is 11.1 Å². The molecule has 0 spiro atoms. The quantitative estimate of drug-likeness (QED) is 0.701. The second-order valence-electron chi connectivity index (χ2n) is 4.05. The molecule has 3 rings (SSSR count). The largest absolute Gasteiger partial charge is 0.497 e. The van der Waals surface area contributed by atoms with Crippen molar-refractivity contribution in [2.75, 3.05) is 7.11 Å². The van der Waals surface area contributed by atoms with E-state index in [1.54, 1.807) is 7.11 Å². The highest BCUT2D eigenvalue weighted by Crippen LogP contribution is 2.40. The fraction of sp³-hybridized carbons (Fsp3) is 0.417. The molecule has 3 nitrogen and oxygen atoms in total. The lowest BCUT2D eigenvalue weighted by Crippen LogP contribution is -2.18. The molecule has 1 aliphatic heterocycles. The van der Waals surface area contributed by atoms with E-state index in [0.29, 0.717) is 5.92 Å². The second kappa shape index (κ2) is 3.26. The summed E-state index contributed by atoms with van der Waals surface area (Å²) in [5.41, 5.74) is 2.60. The third kappa shape index (κ3) is 1.30. The summed E-state index contributed by atoms with van der Waals surface area (Å²) >= 11 is 0. The Hall–Kier alpha value is -1.51. The minimum absolute atomic E-state index is 0.115. The molecule has 0 N–H and O–H groups in total. The zero-order valence-electron chi connectivity index (χ0n) is 8.64. The SMILES string of the molecule is COc1ccc2c(c1)[C@H]1ON=C[C@@H]1CC2. The predicted octanol–water partition coefficient (Wildman–Crippen LogP) is 2.31. The van der Waals surface area contributed by atoms with Crippen molar-refractivity contribution in [2.45, 2.75) is 18.9 Å². The first-order valence-electron chi connectivity index (χ1n) is 5.24. The summed E-state index contributed by atoms with van der Waals surface area (Å²) < 4.78 is 5.23. The summed E-state index contributed by atoms with van der Waals surface area (Å²) in [5, 5.41) is 3.92. The number of hydrogen-bond donors (Lipinski definition) is 0. The topological polar surface area (TPSA) is 30.8 Å². The molecule has 2 aliphatic rings. The lowest BCUT2D eigenvalue weighted by atomic mass is 9.82. The molecule has 1 aromatic carbocycles. The Morgan fingerprint density at radius 2 is 2.40 bits per heavy atom. The van der Waals surface area contributed by atoms with Crippen LogP contribution in [0.2, 0.25) is 0 Å². The molecule has 1 aliphatic carbocycles. The average Bonchev–Trinajstić information content (AvgIpc) is 2.76. The van der Waals surface area contributed by atoms with Crippen LogP contribution in [0.3, 0.4) is 0 Å². The van der Waals surface area contributed by atoms with Crippen LogP contribution in [0.4, 0.5) is 0 Å². The molecule has 0 saturated heterocycles. The van der Waals surface area contributed by atoms with Gasteiger partial charge in [-0.2, -0.15) is 0 Å². The standard InChI is InChI=1S/C12H13NO2/c1-14-10-5-4-8-2-3-9-7-13-15-12(9)11(8)6-10/h4-7,9,12H,2-3H2,1H3/t9-,12-/m0/s1. The van der Waals surface area contributed by atoms with Gasteiger partial charge in [0.1, 0.15) is 5.75 Å². The van der Waals surface area contributed by atoms with Gasteiger partial charge in [0.05, 0.1) is 13.3 Å². The molecule has 3 heteroatoms. The van der Waals surface area contributed by atoms with E-state index in [4.69, 9.17) is 9.57 Å². The minimum atomic E-state index is 0.115. The third-order valence-corrected chi connectivity index (χ3v) is 3.22. The highest BCUT2D eigenvalue weighted by Gasteiger charge is 2.33. The predicted molar refractivity (Wildman–Crippen MR) is 57.1 cm³/mol. The van der Waals surface area contributed by atoms with E-state index in [0.717, 1.165) is 18.6 Å². The van der Waals surface area contributed by atoms with Crippen LogP contribution >= 0.6 is 0 Å². The van der Waals surface area contributed by atoms with Crippen molar-refractivity contribution in [3.05, 3.63) is 29.3 Å². The summed E-state index contributed by atoms with van der Waals surface area (Å²) in [5.74, 6) is 1.34. The molecule has 0 radical (unpaired) electrons. The zero-order valence-corrected chi connectivity index (χ0v) is 8.64. The van der Waals surface area contributed by atoms with Gasteiger partial charge in [-0.15, -0.1) is 0 Å². The Morgan fingerprint density at radius 1 is 1.47 bits per heavy atom. The molecule has 0 saturated carbocycles. The number of aryl methyl sites for hydroxylation is 1. The number of rotatable bonds is 1. The first-order chi connectivity index (χ1) is 7.38. The van der Waals surface area contributed by atoms with Crippen molar-refractivity contribution >= 4 is 6.21 Å². The second-order valence-corrected chi connectivity index (χ2v) is 4.05. The average molecular weight is 203 g/mol. The molecule has 15 heavy (non-hydrogen) atoms. The highest BCUT2D eigenvalue weighted by molar-refractivity contribution is 5.64. The lowest BCUT2D eigenvalue weighted by Gasteiger charge is -2.25. The minimum Gasteiger partial charge on any atom is -0.497 e. The number of ether oxygens (including phenoxy) is 1. The van der Waals surface area contributed by atoms with Crippen LogP contribution in [-0.4, -0.2) is 13.3 Å². The molecule has 1 aromatic rings. The third-order valence-electron chi connectivity index (χ3n) is 3.22. The number of benzene rings is 1. The normalized spacial score (nSPS) is 26.7. The Kier molecular flexibility index (Phi) is 1.91. The Labute approximate surface area is 88.7 Å². The molecular formula is C12H13NO2. The summed E-state index contributed by atoms with van der Waals surface area (Å²) in [6, 6.07) is 6.21. The highest BCUT2D eigenvalue weighted by atomic mass is 16.6. The fourth-order valence-corrected chi connectivity index (χ4v) is 2.36. The van der Waals surface area contributed by atoms with Gasteiger partial charge in [-0.05, 0) is 30.5 Å². The molecule has 0 fully saturated rings. The number of hydrogen-bond acceptors (Lipinski definition) is 3. The first kappa shape index (κ1) is 8.77. The van der Waals surface area contributed by atoms with Gasteiger partial charge >= 0.3 is 0 Å². The van der Waals surface area contributed by atoms with Crippen LogP contribution < -0.4 is 4.74 Å². The molecule has 78 valence electrons. The van der Waals surface area contributed by atoms with Crippen molar-refractivity contribution in [1.82, 2.24) is 0 Å². The molecule has 0 amide bonds. The summed E-state index contributed by atoms with van der Waals surface area (Å²) in [4.78, 5) is 5.40. The van der Waals surface area contributed by atoms with Crippen LogP contribution in [0.5, 0.6) is 5.75 Å².